The molecule has 0 amide bonds. The highest BCUT2D eigenvalue weighted by Crippen LogP contribution is 2.48. The van der Waals surface area contributed by atoms with E-state index in [9.17, 15) is 0 Å². The van der Waals surface area contributed by atoms with Gasteiger partial charge in [0, 0.05) is 5.92 Å². The zero-order valence-corrected chi connectivity index (χ0v) is 32.4. The van der Waals surface area contributed by atoms with Crippen LogP contribution in [0.1, 0.15) is 76.1 Å². The third-order valence-corrected chi connectivity index (χ3v) is 11.7. The molecule has 0 bridgehead atoms. The van der Waals surface area contributed by atoms with E-state index in [1.807, 2.05) is 0 Å². The first-order valence-corrected chi connectivity index (χ1v) is 19.5. The summed E-state index contributed by atoms with van der Waals surface area (Å²) in [5, 5.41) is 10.5. The summed E-state index contributed by atoms with van der Waals surface area (Å²) in [4.78, 5) is 0. The Hall–Kier alpha value is -5.72. The van der Waals surface area contributed by atoms with Gasteiger partial charge in [-0.25, -0.2) is 0 Å². The van der Waals surface area contributed by atoms with E-state index in [2.05, 4.69) is 205 Å². The molecule has 0 saturated heterocycles. The Morgan fingerprint density at radius 1 is 0.444 bits per heavy atom. The monoisotopic (exact) mass is 696 g/mol. The van der Waals surface area contributed by atoms with Crippen molar-refractivity contribution in [1.82, 2.24) is 0 Å². The maximum absolute atomic E-state index is 2.52. The normalized spacial score (nSPS) is 15.0. The topological polar surface area (TPSA) is 0 Å². The van der Waals surface area contributed by atoms with Gasteiger partial charge in [0.1, 0.15) is 0 Å². The minimum Gasteiger partial charge on any atom is -0.0766 e. The van der Waals surface area contributed by atoms with Gasteiger partial charge in [-0.15, -0.1) is 0 Å². The van der Waals surface area contributed by atoms with Crippen molar-refractivity contribution in [3.05, 3.63) is 186 Å². The van der Waals surface area contributed by atoms with Crippen molar-refractivity contribution in [3.8, 4) is 22.3 Å². The standard InChI is InChI=1S/C54H48/c1-53(2,3)41-27-29-47-49(33-41)51(39-21-11-19-37(31-39)45-25-13-17-35-15-7-9-23-43(35)45)48-30-28-42(54(4,5)6)34-50(48)52(47)40-22-12-20-38(32-40)46-26-14-18-36-16-8-10-24-44(36)46/h7-31,33-34,40H,32H2,1-6H3. The van der Waals surface area contributed by atoms with Crippen LogP contribution in [0.3, 0.4) is 0 Å². The van der Waals surface area contributed by atoms with Crippen molar-refractivity contribution in [2.75, 3.05) is 0 Å². The highest BCUT2D eigenvalue weighted by molar-refractivity contribution is 6.16. The summed E-state index contributed by atoms with van der Waals surface area (Å²) in [6, 6.07) is 54.9. The average Bonchev–Trinajstić information content (AvgIpc) is 3.18. The second-order valence-electron chi connectivity index (χ2n) is 17.3. The molecule has 0 aromatic heterocycles. The van der Waals surface area contributed by atoms with Crippen molar-refractivity contribution >= 4 is 48.7 Å². The SMILES string of the molecule is CC(C)(C)c1ccc2c(C3C=CC=C(c4cccc5ccccc45)C3)c3cc(C(C)(C)C)ccc3c(-c3cccc(-c4cccc5ccccc45)c3)c2c1. The lowest BCUT2D eigenvalue weighted by Gasteiger charge is -2.28. The van der Waals surface area contributed by atoms with E-state index >= 15 is 0 Å². The van der Waals surface area contributed by atoms with Gasteiger partial charge < -0.3 is 0 Å². The largest absolute Gasteiger partial charge is 0.0766 e. The molecule has 0 N–H and O–H groups in total. The zero-order chi connectivity index (χ0) is 37.2. The van der Waals surface area contributed by atoms with E-state index in [4.69, 9.17) is 0 Å². The first-order chi connectivity index (χ1) is 26.0. The summed E-state index contributed by atoms with van der Waals surface area (Å²) in [7, 11) is 0. The predicted octanol–water partition coefficient (Wildman–Crippen LogP) is 15.4. The molecule has 0 nitrogen and oxygen atoms in total. The van der Waals surface area contributed by atoms with Gasteiger partial charge in [-0.3, -0.25) is 0 Å². The number of hydrogen-bond acceptors (Lipinski definition) is 0. The molecule has 0 saturated carbocycles. The van der Waals surface area contributed by atoms with E-state index in [0.717, 1.165) is 6.42 Å². The maximum Gasteiger partial charge on any atom is 0.00740 e. The molecule has 9 rings (SSSR count). The fraction of sp³-hybridized carbons (Fsp3) is 0.185. The summed E-state index contributed by atoms with van der Waals surface area (Å²) >= 11 is 0. The third-order valence-electron chi connectivity index (χ3n) is 11.7. The molecule has 8 aromatic rings. The minimum absolute atomic E-state index is 0.0104. The number of hydrogen-bond donors (Lipinski definition) is 0. The highest BCUT2D eigenvalue weighted by Gasteiger charge is 2.26. The molecule has 0 heterocycles. The Morgan fingerprint density at radius 2 is 1.00 bits per heavy atom. The summed E-state index contributed by atoms with van der Waals surface area (Å²) in [5.74, 6) is 0.223. The highest BCUT2D eigenvalue weighted by atomic mass is 14.3. The Bertz CT molecular complexity index is 2800. The summed E-state index contributed by atoms with van der Waals surface area (Å²) in [6.45, 7) is 14.0. The summed E-state index contributed by atoms with van der Waals surface area (Å²) < 4.78 is 0. The van der Waals surface area contributed by atoms with Gasteiger partial charge in [0.25, 0.3) is 0 Å². The molecule has 0 aliphatic heterocycles. The van der Waals surface area contributed by atoms with Crippen LogP contribution in [0, 0.1) is 0 Å². The van der Waals surface area contributed by atoms with Crippen molar-refractivity contribution in [1.29, 1.82) is 0 Å². The fourth-order valence-electron chi connectivity index (χ4n) is 8.81. The smallest absolute Gasteiger partial charge is 0.00740 e. The molecule has 0 radical (unpaired) electrons. The zero-order valence-electron chi connectivity index (χ0n) is 32.4. The predicted molar refractivity (Wildman–Crippen MR) is 236 cm³/mol. The molecule has 1 aliphatic carbocycles. The average molecular weight is 697 g/mol. The summed E-state index contributed by atoms with van der Waals surface area (Å²) in [5.41, 5.74) is 12.0. The second-order valence-corrected chi connectivity index (χ2v) is 17.3. The van der Waals surface area contributed by atoms with Gasteiger partial charge in [0.15, 0.2) is 0 Å². The van der Waals surface area contributed by atoms with Gasteiger partial charge >= 0.3 is 0 Å². The van der Waals surface area contributed by atoms with Crippen molar-refractivity contribution in [2.45, 2.75) is 64.7 Å². The van der Waals surface area contributed by atoms with E-state index in [1.54, 1.807) is 0 Å². The number of allylic oxidation sites excluding steroid dienone is 4. The number of rotatable bonds is 4. The van der Waals surface area contributed by atoms with Crippen LogP contribution < -0.4 is 0 Å². The molecule has 1 atom stereocenters. The second kappa shape index (κ2) is 13.0. The van der Waals surface area contributed by atoms with Crippen LogP contribution in [-0.4, -0.2) is 0 Å². The first-order valence-electron chi connectivity index (χ1n) is 19.5. The van der Waals surface area contributed by atoms with Gasteiger partial charge in [-0.2, -0.15) is 0 Å². The van der Waals surface area contributed by atoms with E-state index in [0.29, 0.717) is 0 Å². The van der Waals surface area contributed by atoms with Gasteiger partial charge in [-0.1, -0.05) is 193 Å². The van der Waals surface area contributed by atoms with Gasteiger partial charge in [-0.05, 0) is 123 Å². The molecule has 1 unspecified atom stereocenters. The van der Waals surface area contributed by atoms with Gasteiger partial charge in [0.2, 0.25) is 0 Å². The van der Waals surface area contributed by atoms with Crippen LogP contribution in [0.5, 0.6) is 0 Å². The Morgan fingerprint density at radius 3 is 1.69 bits per heavy atom. The Labute approximate surface area is 320 Å². The molecule has 1 aliphatic rings. The molecule has 54 heavy (non-hydrogen) atoms. The number of benzene rings is 8. The quantitative estimate of drug-likeness (QED) is 0.161. The lowest BCUT2D eigenvalue weighted by atomic mass is 9.76. The van der Waals surface area contributed by atoms with E-state index < -0.39 is 0 Å². The lowest BCUT2D eigenvalue weighted by molar-refractivity contribution is 0.590. The maximum atomic E-state index is 2.52. The van der Waals surface area contributed by atoms with E-state index in [-0.39, 0.29) is 16.7 Å². The van der Waals surface area contributed by atoms with Crippen LogP contribution >= 0.6 is 0 Å². The molecule has 0 spiro atoms. The molecular formula is C54H48. The Kier molecular flexibility index (Phi) is 8.20. The van der Waals surface area contributed by atoms with E-state index in [1.165, 1.54) is 93.2 Å². The number of fused-ring (bicyclic) bond motifs is 4. The van der Waals surface area contributed by atoms with Crippen molar-refractivity contribution < 1.29 is 0 Å². The molecule has 0 fully saturated rings. The van der Waals surface area contributed by atoms with Crippen molar-refractivity contribution in [2.24, 2.45) is 0 Å². The van der Waals surface area contributed by atoms with Crippen LogP contribution in [0.4, 0.5) is 0 Å². The minimum atomic E-state index is 0.0104. The summed E-state index contributed by atoms with van der Waals surface area (Å²) in [6.07, 6.45) is 8.05. The van der Waals surface area contributed by atoms with Gasteiger partial charge in [0.05, 0.1) is 0 Å². The van der Waals surface area contributed by atoms with Crippen molar-refractivity contribution in [3.63, 3.8) is 0 Å². The fourth-order valence-corrected chi connectivity index (χ4v) is 8.81. The van der Waals surface area contributed by atoms with Crippen LogP contribution in [0.2, 0.25) is 0 Å². The van der Waals surface area contributed by atoms with Crippen LogP contribution in [-0.2, 0) is 10.8 Å². The van der Waals surface area contributed by atoms with Crippen LogP contribution in [0.15, 0.2) is 164 Å². The Balaban J connectivity index is 1.32. The van der Waals surface area contributed by atoms with Crippen LogP contribution in [0.25, 0.3) is 70.9 Å². The molecular weight excluding hydrogens is 649 g/mol. The third kappa shape index (κ3) is 5.95. The lowest BCUT2D eigenvalue weighted by Crippen LogP contribution is -2.12. The molecule has 264 valence electrons. The molecule has 0 heteroatoms. The molecule has 8 aromatic carbocycles. The first kappa shape index (κ1) is 34.1.